The molecular formula is C23H20N2O4. The fourth-order valence-corrected chi connectivity index (χ4v) is 3.24. The summed E-state index contributed by atoms with van der Waals surface area (Å²) in [6, 6.07) is 20.9. The van der Waals surface area contributed by atoms with Gasteiger partial charge in [-0.3, -0.25) is 4.79 Å². The van der Waals surface area contributed by atoms with Crippen molar-refractivity contribution in [2.75, 3.05) is 0 Å². The highest BCUT2D eigenvalue weighted by molar-refractivity contribution is 5.82. The molecule has 4 rings (SSSR count). The lowest BCUT2D eigenvalue weighted by Gasteiger charge is -2.16. The third-order valence-corrected chi connectivity index (χ3v) is 4.58. The molecule has 2 aromatic carbocycles. The second kappa shape index (κ2) is 8.14. The van der Waals surface area contributed by atoms with Crippen LogP contribution >= 0.6 is 0 Å². The molecule has 0 unspecified atom stereocenters. The van der Waals surface area contributed by atoms with Crippen molar-refractivity contribution in [3.05, 3.63) is 95.3 Å². The molecule has 0 saturated carbocycles. The van der Waals surface area contributed by atoms with E-state index in [1.807, 2.05) is 80.6 Å². The summed E-state index contributed by atoms with van der Waals surface area (Å²) >= 11 is 0. The zero-order valence-corrected chi connectivity index (χ0v) is 16.2. The predicted octanol–water partition coefficient (Wildman–Crippen LogP) is 4.82. The molecule has 0 saturated heterocycles. The van der Waals surface area contributed by atoms with Crippen molar-refractivity contribution in [2.24, 2.45) is 0 Å². The molecule has 0 N–H and O–H groups in total. The molecule has 146 valence electrons. The Labute approximate surface area is 168 Å². The van der Waals surface area contributed by atoms with Gasteiger partial charge in [-0.15, -0.1) is 10.2 Å². The van der Waals surface area contributed by atoms with E-state index in [9.17, 15) is 4.79 Å². The van der Waals surface area contributed by atoms with Gasteiger partial charge < -0.3 is 13.6 Å². The molecule has 2 aromatic heterocycles. The number of hydrogen-bond acceptors (Lipinski definition) is 6. The van der Waals surface area contributed by atoms with Gasteiger partial charge in [0, 0.05) is 0 Å². The first-order valence-corrected chi connectivity index (χ1v) is 9.28. The number of rotatable bonds is 6. The van der Waals surface area contributed by atoms with Gasteiger partial charge in [-0.25, -0.2) is 0 Å². The molecule has 0 atom stereocenters. The zero-order chi connectivity index (χ0) is 20.2. The first-order chi connectivity index (χ1) is 14.1. The van der Waals surface area contributed by atoms with E-state index in [0.29, 0.717) is 11.7 Å². The third-order valence-electron chi connectivity index (χ3n) is 4.58. The summed E-state index contributed by atoms with van der Waals surface area (Å²) in [5.74, 6) is 1.12. The van der Waals surface area contributed by atoms with Crippen LogP contribution in [-0.2, 0) is 16.1 Å². The normalized spacial score (nSPS) is 11.0. The first kappa shape index (κ1) is 18.7. The van der Waals surface area contributed by atoms with Crippen LogP contribution < -0.4 is 0 Å². The van der Waals surface area contributed by atoms with E-state index < -0.39 is 5.92 Å². The minimum absolute atomic E-state index is 0.0993. The first-order valence-electron chi connectivity index (χ1n) is 9.28. The highest BCUT2D eigenvalue weighted by Gasteiger charge is 2.25. The molecule has 0 aliphatic heterocycles. The number of furan rings is 1. The summed E-state index contributed by atoms with van der Waals surface area (Å²) < 4.78 is 16.7. The van der Waals surface area contributed by atoms with Crippen molar-refractivity contribution in [2.45, 2.75) is 26.4 Å². The van der Waals surface area contributed by atoms with Gasteiger partial charge in [-0.2, -0.15) is 0 Å². The van der Waals surface area contributed by atoms with Gasteiger partial charge in [0.15, 0.2) is 6.61 Å². The number of esters is 1. The van der Waals surface area contributed by atoms with Crippen LogP contribution in [-0.4, -0.2) is 16.2 Å². The number of carbonyl (C=O) groups excluding carboxylic acids is 1. The molecule has 6 nitrogen and oxygen atoms in total. The van der Waals surface area contributed by atoms with Crippen molar-refractivity contribution in [1.82, 2.24) is 10.2 Å². The molecule has 0 amide bonds. The van der Waals surface area contributed by atoms with Crippen LogP contribution in [0.4, 0.5) is 0 Å². The van der Waals surface area contributed by atoms with Crippen LogP contribution in [0.15, 0.2) is 75.6 Å². The number of hydrogen-bond donors (Lipinski definition) is 0. The van der Waals surface area contributed by atoms with Crippen molar-refractivity contribution < 1.29 is 18.4 Å². The number of aromatic nitrogens is 2. The minimum atomic E-state index is -0.529. The van der Waals surface area contributed by atoms with Gasteiger partial charge in [0.2, 0.25) is 0 Å². The number of benzene rings is 2. The van der Waals surface area contributed by atoms with E-state index in [0.717, 1.165) is 22.5 Å². The zero-order valence-electron chi connectivity index (χ0n) is 16.2. The summed E-state index contributed by atoms with van der Waals surface area (Å²) in [7, 11) is 0. The Hall–Kier alpha value is -3.67. The molecule has 0 bridgehead atoms. The maximum atomic E-state index is 12.9. The summed E-state index contributed by atoms with van der Waals surface area (Å²) in [6.07, 6.45) is 0. The Balaban J connectivity index is 1.51. The minimum Gasteiger partial charge on any atom is -0.466 e. The van der Waals surface area contributed by atoms with Crippen LogP contribution in [0.5, 0.6) is 0 Å². The Bertz CT molecular complexity index is 1060. The van der Waals surface area contributed by atoms with Crippen molar-refractivity contribution in [3.8, 4) is 11.5 Å². The Kier molecular flexibility index (Phi) is 5.24. The van der Waals surface area contributed by atoms with E-state index >= 15 is 0 Å². The number of aryl methyl sites for hydroxylation is 2. The Morgan fingerprint density at radius 2 is 1.55 bits per heavy atom. The van der Waals surface area contributed by atoms with E-state index in [-0.39, 0.29) is 18.5 Å². The summed E-state index contributed by atoms with van der Waals surface area (Å²) in [5.41, 5.74) is 2.46. The molecule has 0 aliphatic carbocycles. The second-order valence-electron chi connectivity index (χ2n) is 6.69. The van der Waals surface area contributed by atoms with Crippen molar-refractivity contribution >= 4 is 5.97 Å². The fraction of sp³-hybridized carbons (Fsp3) is 0.174. The fourth-order valence-electron chi connectivity index (χ4n) is 3.24. The van der Waals surface area contributed by atoms with E-state index in [4.69, 9.17) is 13.6 Å². The third kappa shape index (κ3) is 4.11. The van der Waals surface area contributed by atoms with Gasteiger partial charge >= 0.3 is 5.97 Å². The highest BCUT2D eigenvalue weighted by atomic mass is 16.5. The van der Waals surface area contributed by atoms with Crippen LogP contribution in [0.3, 0.4) is 0 Å². The van der Waals surface area contributed by atoms with Gasteiger partial charge in [-0.1, -0.05) is 60.7 Å². The predicted molar refractivity (Wildman–Crippen MR) is 106 cm³/mol. The topological polar surface area (TPSA) is 78.4 Å². The summed E-state index contributed by atoms with van der Waals surface area (Å²) in [4.78, 5) is 12.9. The largest absolute Gasteiger partial charge is 0.466 e. The van der Waals surface area contributed by atoms with Gasteiger partial charge in [0.1, 0.15) is 17.4 Å². The van der Waals surface area contributed by atoms with Crippen LogP contribution in [0.2, 0.25) is 0 Å². The van der Waals surface area contributed by atoms with Gasteiger partial charge in [0.05, 0.1) is 5.56 Å². The Morgan fingerprint density at radius 3 is 2.10 bits per heavy atom. The van der Waals surface area contributed by atoms with Crippen LogP contribution in [0.1, 0.15) is 34.5 Å². The van der Waals surface area contributed by atoms with E-state index in [2.05, 4.69) is 10.2 Å². The van der Waals surface area contributed by atoms with E-state index in [1.54, 1.807) is 0 Å². The molecule has 2 heterocycles. The van der Waals surface area contributed by atoms with Gasteiger partial charge in [-0.05, 0) is 31.0 Å². The summed E-state index contributed by atoms with van der Waals surface area (Å²) in [6.45, 7) is 3.58. The molecule has 0 aliphatic rings. The molecule has 0 spiro atoms. The SMILES string of the molecule is Cc1cc(-c2nnc(COC(=O)C(c3ccccc3)c3ccccc3)o2)c(C)o1. The van der Waals surface area contributed by atoms with E-state index in [1.165, 1.54) is 0 Å². The highest BCUT2D eigenvalue weighted by Crippen LogP contribution is 2.28. The quantitative estimate of drug-likeness (QED) is 0.441. The number of nitrogens with zero attached hydrogens (tertiary/aromatic N) is 2. The van der Waals surface area contributed by atoms with Crippen LogP contribution in [0.25, 0.3) is 11.5 Å². The molecule has 29 heavy (non-hydrogen) atoms. The smallest absolute Gasteiger partial charge is 0.318 e. The molecule has 4 aromatic rings. The maximum Gasteiger partial charge on any atom is 0.318 e. The van der Waals surface area contributed by atoms with Crippen molar-refractivity contribution in [3.63, 3.8) is 0 Å². The average molecular weight is 388 g/mol. The molecular weight excluding hydrogens is 368 g/mol. The lowest BCUT2D eigenvalue weighted by Crippen LogP contribution is -2.17. The second-order valence-corrected chi connectivity index (χ2v) is 6.69. The lowest BCUT2D eigenvalue weighted by molar-refractivity contribution is -0.146. The monoisotopic (exact) mass is 388 g/mol. The number of carbonyl (C=O) groups is 1. The average Bonchev–Trinajstić information content (AvgIpc) is 3.34. The number of ether oxygens (including phenoxy) is 1. The summed E-state index contributed by atoms with van der Waals surface area (Å²) in [5, 5.41) is 8.02. The molecule has 0 fully saturated rings. The van der Waals surface area contributed by atoms with Crippen molar-refractivity contribution in [1.29, 1.82) is 0 Å². The molecule has 6 heteroatoms. The standard InChI is InChI=1S/C23H20N2O4/c1-15-13-19(16(2)28-15)22-25-24-20(29-22)14-27-23(26)21(17-9-5-3-6-10-17)18-11-7-4-8-12-18/h3-13,21H,14H2,1-2H3. The molecule has 0 radical (unpaired) electrons. The Morgan fingerprint density at radius 1 is 0.931 bits per heavy atom. The lowest BCUT2D eigenvalue weighted by atomic mass is 9.91. The maximum absolute atomic E-state index is 12.9. The van der Waals surface area contributed by atoms with Crippen LogP contribution in [0, 0.1) is 13.8 Å². The van der Waals surface area contributed by atoms with Gasteiger partial charge in [0.25, 0.3) is 11.8 Å².